The lowest BCUT2D eigenvalue weighted by Crippen LogP contribution is -2.36. The van der Waals surface area contributed by atoms with E-state index in [9.17, 15) is 9.90 Å². The molecule has 1 fully saturated rings. The van der Waals surface area contributed by atoms with E-state index in [0.29, 0.717) is 30.1 Å². The first-order valence-electron chi connectivity index (χ1n) is 10.7. The molecule has 2 aliphatic heterocycles. The van der Waals surface area contributed by atoms with Gasteiger partial charge in [0.25, 0.3) is 5.91 Å². The summed E-state index contributed by atoms with van der Waals surface area (Å²) in [6, 6.07) is 14.5. The van der Waals surface area contributed by atoms with Gasteiger partial charge in [0, 0.05) is 24.3 Å². The number of phenolic OH excluding ortho intramolecular Hbond substituents is 1. The van der Waals surface area contributed by atoms with E-state index in [2.05, 4.69) is 10.2 Å². The second kappa shape index (κ2) is 8.07. The molecule has 0 unspecified atom stereocenters. The Morgan fingerprint density at radius 1 is 1.26 bits per heavy atom. The molecule has 7 heteroatoms. The van der Waals surface area contributed by atoms with Gasteiger partial charge < -0.3 is 19.5 Å². The van der Waals surface area contributed by atoms with Gasteiger partial charge in [0.1, 0.15) is 22.9 Å². The van der Waals surface area contributed by atoms with Crippen LogP contribution in [0.2, 0.25) is 0 Å². The summed E-state index contributed by atoms with van der Waals surface area (Å²) in [6.45, 7) is 3.74. The quantitative estimate of drug-likeness (QED) is 0.633. The number of hydrogen-bond donors (Lipinski definition) is 2. The van der Waals surface area contributed by atoms with Gasteiger partial charge in [0.15, 0.2) is 0 Å². The number of amides is 1. The van der Waals surface area contributed by atoms with Crippen LogP contribution in [0.3, 0.4) is 0 Å². The van der Waals surface area contributed by atoms with Gasteiger partial charge in [-0.15, -0.1) is 0 Å². The molecule has 0 aliphatic carbocycles. The van der Waals surface area contributed by atoms with Crippen LogP contribution in [0.25, 0.3) is 11.3 Å². The maximum atomic E-state index is 13.4. The summed E-state index contributed by atoms with van der Waals surface area (Å²) in [5.74, 6) is 0.778. The van der Waals surface area contributed by atoms with Crippen molar-refractivity contribution in [1.29, 1.82) is 0 Å². The molecule has 3 aromatic rings. The number of nitrogens with one attached hydrogen (secondary N) is 1. The van der Waals surface area contributed by atoms with Crippen molar-refractivity contribution in [3.05, 3.63) is 65.4 Å². The molecule has 1 amide bonds. The van der Waals surface area contributed by atoms with E-state index in [0.717, 1.165) is 36.3 Å². The predicted octanol–water partition coefficient (Wildman–Crippen LogP) is 3.91. The molecular formula is C24H25N3O4. The van der Waals surface area contributed by atoms with Gasteiger partial charge in [-0.25, -0.2) is 0 Å². The maximum absolute atomic E-state index is 13.4. The average molecular weight is 419 g/mol. The van der Waals surface area contributed by atoms with Gasteiger partial charge in [0.2, 0.25) is 0 Å². The third kappa shape index (κ3) is 3.45. The largest absolute Gasteiger partial charge is 0.507 e. The van der Waals surface area contributed by atoms with Crippen molar-refractivity contribution in [3.8, 4) is 22.8 Å². The second-order valence-corrected chi connectivity index (χ2v) is 7.88. The number of rotatable bonds is 6. The first kappa shape index (κ1) is 19.6. The lowest BCUT2D eigenvalue weighted by molar-refractivity contribution is 0.0495. The van der Waals surface area contributed by atoms with Gasteiger partial charge in [-0.05, 0) is 49.6 Å². The third-order valence-corrected chi connectivity index (χ3v) is 5.93. The van der Waals surface area contributed by atoms with Gasteiger partial charge >= 0.3 is 0 Å². The van der Waals surface area contributed by atoms with E-state index in [1.54, 1.807) is 12.1 Å². The number of aromatic hydroxyl groups is 1. The van der Waals surface area contributed by atoms with Crippen LogP contribution in [0.5, 0.6) is 11.5 Å². The molecule has 0 radical (unpaired) electrons. The fourth-order valence-corrected chi connectivity index (χ4v) is 4.56. The Morgan fingerprint density at radius 2 is 2.13 bits per heavy atom. The zero-order valence-electron chi connectivity index (χ0n) is 17.4. The molecule has 2 aromatic carbocycles. The molecule has 0 spiro atoms. The highest BCUT2D eigenvalue weighted by molar-refractivity contribution is 6.00. The van der Waals surface area contributed by atoms with Crippen molar-refractivity contribution in [2.75, 3.05) is 19.8 Å². The van der Waals surface area contributed by atoms with E-state index in [1.807, 2.05) is 48.2 Å². The number of aromatic nitrogens is 2. The van der Waals surface area contributed by atoms with Crippen molar-refractivity contribution in [2.45, 2.75) is 31.9 Å². The Morgan fingerprint density at radius 3 is 2.90 bits per heavy atom. The normalized spacial score (nSPS) is 20.3. The average Bonchev–Trinajstić information content (AvgIpc) is 3.49. The van der Waals surface area contributed by atoms with Crippen LogP contribution in [0.15, 0.2) is 48.5 Å². The number of phenols is 1. The molecule has 2 N–H and O–H groups in total. The molecule has 3 heterocycles. The molecule has 5 rings (SSSR count). The highest BCUT2D eigenvalue weighted by atomic mass is 16.5. The summed E-state index contributed by atoms with van der Waals surface area (Å²) < 4.78 is 11.5. The minimum absolute atomic E-state index is 0.0204. The fraction of sp³-hybridized carbons (Fsp3) is 0.333. The highest BCUT2D eigenvalue weighted by Crippen LogP contribution is 2.45. The molecule has 2 atom stereocenters. The lowest BCUT2D eigenvalue weighted by Gasteiger charge is -2.28. The SMILES string of the molecule is CCOc1cccc([C@@H]2c3c(-c4ccccc4O)n[nH]c3C(=O)N2C[C@@H]2CCCO2)c1. The molecule has 1 aromatic heterocycles. The second-order valence-electron chi connectivity index (χ2n) is 7.88. The number of fused-ring (bicyclic) bond motifs is 1. The van der Waals surface area contributed by atoms with Crippen LogP contribution in [0, 0.1) is 0 Å². The number of H-pyrrole nitrogens is 1. The summed E-state index contributed by atoms with van der Waals surface area (Å²) in [4.78, 5) is 15.3. The van der Waals surface area contributed by atoms with Crippen molar-refractivity contribution in [3.63, 3.8) is 0 Å². The van der Waals surface area contributed by atoms with Crippen LogP contribution in [-0.4, -0.2) is 52.0 Å². The van der Waals surface area contributed by atoms with E-state index in [4.69, 9.17) is 9.47 Å². The molecule has 2 aliphatic rings. The maximum Gasteiger partial charge on any atom is 0.273 e. The summed E-state index contributed by atoms with van der Waals surface area (Å²) in [5.41, 5.74) is 3.36. The van der Waals surface area contributed by atoms with E-state index < -0.39 is 0 Å². The molecule has 160 valence electrons. The Bertz CT molecular complexity index is 1100. The Kier molecular flexibility index (Phi) is 5.11. The van der Waals surface area contributed by atoms with Crippen LogP contribution >= 0.6 is 0 Å². The van der Waals surface area contributed by atoms with Gasteiger partial charge in [0.05, 0.1) is 18.8 Å². The molecule has 31 heavy (non-hydrogen) atoms. The first-order valence-corrected chi connectivity index (χ1v) is 10.7. The molecule has 0 saturated carbocycles. The lowest BCUT2D eigenvalue weighted by atomic mass is 9.95. The number of carbonyl (C=O) groups excluding carboxylic acids is 1. The number of aromatic amines is 1. The van der Waals surface area contributed by atoms with Crippen molar-refractivity contribution < 1.29 is 19.4 Å². The zero-order chi connectivity index (χ0) is 21.4. The highest BCUT2D eigenvalue weighted by Gasteiger charge is 2.43. The Labute approximate surface area is 180 Å². The van der Waals surface area contributed by atoms with Crippen molar-refractivity contribution >= 4 is 5.91 Å². The number of carbonyl (C=O) groups is 1. The van der Waals surface area contributed by atoms with Crippen LogP contribution in [0.4, 0.5) is 0 Å². The van der Waals surface area contributed by atoms with Crippen molar-refractivity contribution in [2.24, 2.45) is 0 Å². The number of benzene rings is 2. The summed E-state index contributed by atoms with van der Waals surface area (Å²) >= 11 is 0. The molecular weight excluding hydrogens is 394 g/mol. The van der Waals surface area contributed by atoms with Gasteiger partial charge in [-0.3, -0.25) is 9.89 Å². The van der Waals surface area contributed by atoms with Crippen molar-refractivity contribution in [1.82, 2.24) is 15.1 Å². The Balaban J connectivity index is 1.63. The smallest absolute Gasteiger partial charge is 0.273 e. The van der Waals surface area contributed by atoms with E-state index in [-0.39, 0.29) is 23.8 Å². The summed E-state index contributed by atoms with van der Waals surface area (Å²) in [5, 5.41) is 17.8. The molecule has 0 bridgehead atoms. The molecule has 7 nitrogen and oxygen atoms in total. The fourth-order valence-electron chi connectivity index (χ4n) is 4.56. The van der Waals surface area contributed by atoms with Crippen LogP contribution < -0.4 is 4.74 Å². The van der Waals surface area contributed by atoms with Gasteiger partial charge in [-0.2, -0.15) is 5.10 Å². The summed E-state index contributed by atoms with van der Waals surface area (Å²) in [7, 11) is 0. The van der Waals surface area contributed by atoms with E-state index >= 15 is 0 Å². The topological polar surface area (TPSA) is 87.7 Å². The first-order chi connectivity index (χ1) is 15.2. The minimum Gasteiger partial charge on any atom is -0.507 e. The third-order valence-electron chi connectivity index (χ3n) is 5.93. The monoisotopic (exact) mass is 419 g/mol. The standard InChI is InChI=1S/C24H25N3O4/c1-2-30-16-8-5-7-15(13-16)23-20-21(18-10-3-4-11-19(18)28)25-26-22(20)24(29)27(23)14-17-9-6-12-31-17/h3-5,7-8,10-11,13,17,23,28H,2,6,9,12,14H2,1H3,(H,25,26)/t17-,23+/m0/s1. The number of para-hydroxylation sites is 1. The number of nitrogens with zero attached hydrogens (tertiary/aromatic N) is 2. The van der Waals surface area contributed by atoms with Gasteiger partial charge in [-0.1, -0.05) is 24.3 Å². The predicted molar refractivity (Wildman–Crippen MR) is 115 cm³/mol. The van der Waals surface area contributed by atoms with Crippen LogP contribution in [-0.2, 0) is 4.74 Å². The van der Waals surface area contributed by atoms with E-state index in [1.165, 1.54) is 0 Å². The molecule has 1 saturated heterocycles. The van der Waals surface area contributed by atoms with Crippen LogP contribution in [0.1, 0.15) is 47.4 Å². The number of hydrogen-bond acceptors (Lipinski definition) is 5. The Hall–Kier alpha value is -3.32. The number of ether oxygens (including phenoxy) is 2. The zero-order valence-corrected chi connectivity index (χ0v) is 17.4. The summed E-state index contributed by atoms with van der Waals surface area (Å²) in [6.07, 6.45) is 1.97. The minimum atomic E-state index is -0.347.